The summed E-state index contributed by atoms with van der Waals surface area (Å²) in [6, 6.07) is 6.81. The summed E-state index contributed by atoms with van der Waals surface area (Å²) >= 11 is 0. The molecule has 1 heterocycles. The predicted molar refractivity (Wildman–Crippen MR) is 87.7 cm³/mol. The fourth-order valence-electron chi connectivity index (χ4n) is 3.68. The van der Waals surface area contributed by atoms with Gasteiger partial charge in [0.25, 0.3) is 0 Å². The topological polar surface area (TPSA) is 69.6 Å². The van der Waals surface area contributed by atoms with E-state index in [2.05, 4.69) is 5.32 Å². The van der Waals surface area contributed by atoms with E-state index < -0.39 is 0 Å². The molecule has 2 aliphatic rings. The van der Waals surface area contributed by atoms with E-state index in [1.165, 1.54) is 0 Å². The molecule has 124 valence electrons. The number of aliphatic hydroxyl groups is 1. The Kier molecular flexibility index (Phi) is 4.96. The second-order valence-corrected chi connectivity index (χ2v) is 6.52. The van der Waals surface area contributed by atoms with Crippen LogP contribution in [0.5, 0.6) is 0 Å². The molecule has 1 atom stereocenters. The van der Waals surface area contributed by atoms with Gasteiger partial charge in [-0.25, -0.2) is 0 Å². The SMILES string of the molecule is O=C(Nc1cccc(CO)c1)C1CCCN1C(=O)C1CCCC1. The maximum atomic E-state index is 12.6. The fourth-order valence-corrected chi connectivity index (χ4v) is 3.68. The van der Waals surface area contributed by atoms with Crippen molar-refractivity contribution in [1.29, 1.82) is 0 Å². The Hall–Kier alpha value is -1.88. The Morgan fingerprint density at radius 3 is 2.70 bits per heavy atom. The van der Waals surface area contributed by atoms with E-state index in [0.717, 1.165) is 44.1 Å². The Morgan fingerprint density at radius 2 is 1.96 bits per heavy atom. The van der Waals surface area contributed by atoms with Crippen LogP contribution < -0.4 is 5.32 Å². The number of nitrogens with one attached hydrogen (secondary N) is 1. The third-order valence-corrected chi connectivity index (χ3v) is 4.92. The molecule has 0 bridgehead atoms. The molecule has 1 aromatic carbocycles. The minimum absolute atomic E-state index is 0.0561. The van der Waals surface area contributed by atoms with Gasteiger partial charge in [-0.05, 0) is 43.4 Å². The fraction of sp³-hybridized carbons (Fsp3) is 0.556. The first kappa shape index (κ1) is 16.0. The monoisotopic (exact) mass is 316 g/mol. The second kappa shape index (κ2) is 7.13. The minimum Gasteiger partial charge on any atom is -0.392 e. The van der Waals surface area contributed by atoms with Crippen molar-refractivity contribution in [3.05, 3.63) is 29.8 Å². The standard InChI is InChI=1S/C18H24N2O3/c21-12-13-5-3-8-15(11-13)19-17(22)16-9-4-10-20(16)18(23)14-6-1-2-7-14/h3,5,8,11,14,16,21H,1-2,4,6-7,9-10,12H2,(H,19,22). The number of aliphatic hydroxyl groups excluding tert-OH is 1. The van der Waals surface area contributed by atoms with E-state index in [0.29, 0.717) is 12.2 Å². The van der Waals surface area contributed by atoms with Gasteiger partial charge in [-0.1, -0.05) is 25.0 Å². The van der Waals surface area contributed by atoms with Crippen molar-refractivity contribution in [3.8, 4) is 0 Å². The lowest BCUT2D eigenvalue weighted by Gasteiger charge is -2.26. The molecule has 23 heavy (non-hydrogen) atoms. The summed E-state index contributed by atoms with van der Waals surface area (Å²) in [6.45, 7) is 0.629. The first-order valence-corrected chi connectivity index (χ1v) is 8.50. The highest BCUT2D eigenvalue weighted by atomic mass is 16.3. The van der Waals surface area contributed by atoms with Gasteiger partial charge >= 0.3 is 0 Å². The van der Waals surface area contributed by atoms with Gasteiger partial charge in [-0.2, -0.15) is 0 Å². The van der Waals surface area contributed by atoms with Crippen LogP contribution in [0.1, 0.15) is 44.1 Å². The molecule has 5 heteroatoms. The summed E-state index contributed by atoms with van der Waals surface area (Å²) in [6.07, 6.45) is 5.77. The minimum atomic E-state index is -0.360. The van der Waals surface area contributed by atoms with Crippen LogP contribution in [0, 0.1) is 5.92 Å². The van der Waals surface area contributed by atoms with E-state index in [1.807, 2.05) is 0 Å². The van der Waals surface area contributed by atoms with Crippen molar-refractivity contribution in [2.24, 2.45) is 5.92 Å². The van der Waals surface area contributed by atoms with E-state index in [4.69, 9.17) is 0 Å². The number of rotatable bonds is 4. The third-order valence-electron chi connectivity index (χ3n) is 4.92. The highest BCUT2D eigenvalue weighted by molar-refractivity contribution is 5.97. The van der Waals surface area contributed by atoms with Crippen LogP contribution in [0.2, 0.25) is 0 Å². The number of anilines is 1. The summed E-state index contributed by atoms with van der Waals surface area (Å²) in [5.41, 5.74) is 1.43. The molecular weight excluding hydrogens is 292 g/mol. The quantitative estimate of drug-likeness (QED) is 0.895. The first-order valence-electron chi connectivity index (χ1n) is 8.50. The normalized spacial score (nSPS) is 21.6. The van der Waals surface area contributed by atoms with Gasteiger partial charge in [0.2, 0.25) is 11.8 Å². The van der Waals surface area contributed by atoms with Crippen molar-refractivity contribution >= 4 is 17.5 Å². The van der Waals surface area contributed by atoms with E-state index in [1.54, 1.807) is 29.2 Å². The number of benzene rings is 1. The van der Waals surface area contributed by atoms with Gasteiger partial charge in [-0.15, -0.1) is 0 Å². The van der Waals surface area contributed by atoms with Crippen LogP contribution in [0.15, 0.2) is 24.3 Å². The highest BCUT2D eigenvalue weighted by Gasteiger charge is 2.37. The highest BCUT2D eigenvalue weighted by Crippen LogP contribution is 2.30. The van der Waals surface area contributed by atoms with Gasteiger partial charge in [-0.3, -0.25) is 9.59 Å². The number of hydrogen-bond donors (Lipinski definition) is 2. The van der Waals surface area contributed by atoms with E-state index >= 15 is 0 Å². The van der Waals surface area contributed by atoms with Gasteiger partial charge in [0, 0.05) is 18.2 Å². The van der Waals surface area contributed by atoms with Crippen molar-refractivity contribution in [2.45, 2.75) is 51.2 Å². The summed E-state index contributed by atoms with van der Waals surface area (Å²) in [5.74, 6) is 0.148. The van der Waals surface area contributed by atoms with Crippen LogP contribution in [-0.4, -0.2) is 34.4 Å². The van der Waals surface area contributed by atoms with Crippen molar-refractivity contribution < 1.29 is 14.7 Å². The zero-order chi connectivity index (χ0) is 16.2. The summed E-state index contributed by atoms with van der Waals surface area (Å²) in [4.78, 5) is 27.0. The molecule has 1 aromatic rings. The molecule has 2 N–H and O–H groups in total. The molecule has 1 saturated carbocycles. The molecule has 1 aliphatic carbocycles. The molecule has 1 saturated heterocycles. The second-order valence-electron chi connectivity index (χ2n) is 6.52. The average molecular weight is 316 g/mol. The molecular formula is C18H24N2O3. The van der Waals surface area contributed by atoms with Crippen molar-refractivity contribution in [3.63, 3.8) is 0 Å². The molecule has 2 amide bonds. The molecule has 3 rings (SSSR count). The van der Waals surface area contributed by atoms with Gasteiger partial charge in [0.1, 0.15) is 6.04 Å². The van der Waals surface area contributed by atoms with Crippen LogP contribution in [0.25, 0.3) is 0 Å². The van der Waals surface area contributed by atoms with Crippen LogP contribution in [0.3, 0.4) is 0 Å². The molecule has 0 spiro atoms. The van der Waals surface area contributed by atoms with E-state index in [9.17, 15) is 14.7 Å². The van der Waals surface area contributed by atoms with Crippen LogP contribution in [-0.2, 0) is 16.2 Å². The number of hydrogen-bond acceptors (Lipinski definition) is 3. The Balaban J connectivity index is 1.66. The molecule has 2 fully saturated rings. The number of carbonyl (C=O) groups excluding carboxylic acids is 2. The van der Waals surface area contributed by atoms with Crippen molar-refractivity contribution in [2.75, 3.05) is 11.9 Å². The van der Waals surface area contributed by atoms with Gasteiger partial charge in [0.05, 0.1) is 6.61 Å². The lowest BCUT2D eigenvalue weighted by Crippen LogP contribution is -2.45. The lowest BCUT2D eigenvalue weighted by molar-refractivity contribution is -0.140. The summed E-state index contributed by atoms with van der Waals surface area (Å²) in [7, 11) is 0. The Labute approximate surface area is 136 Å². The average Bonchev–Trinajstić information content (AvgIpc) is 3.25. The molecule has 1 unspecified atom stereocenters. The number of carbonyl (C=O) groups is 2. The first-order chi connectivity index (χ1) is 11.2. The molecule has 1 aliphatic heterocycles. The number of nitrogens with zero attached hydrogens (tertiary/aromatic N) is 1. The predicted octanol–water partition coefficient (Wildman–Crippen LogP) is 2.30. The molecule has 0 aromatic heterocycles. The van der Waals surface area contributed by atoms with Crippen LogP contribution >= 0.6 is 0 Å². The number of amides is 2. The lowest BCUT2D eigenvalue weighted by atomic mass is 10.1. The Bertz CT molecular complexity index is 581. The molecule has 0 radical (unpaired) electrons. The number of likely N-dealkylation sites (tertiary alicyclic amines) is 1. The maximum Gasteiger partial charge on any atom is 0.247 e. The smallest absolute Gasteiger partial charge is 0.247 e. The third kappa shape index (κ3) is 3.55. The van der Waals surface area contributed by atoms with Crippen molar-refractivity contribution in [1.82, 2.24) is 4.90 Å². The summed E-state index contributed by atoms with van der Waals surface area (Å²) < 4.78 is 0. The van der Waals surface area contributed by atoms with Gasteiger partial charge < -0.3 is 15.3 Å². The summed E-state index contributed by atoms with van der Waals surface area (Å²) in [5, 5.41) is 12.1. The largest absolute Gasteiger partial charge is 0.392 e. The van der Waals surface area contributed by atoms with E-state index in [-0.39, 0.29) is 30.4 Å². The van der Waals surface area contributed by atoms with Crippen LogP contribution in [0.4, 0.5) is 5.69 Å². The Morgan fingerprint density at radius 1 is 1.17 bits per heavy atom. The van der Waals surface area contributed by atoms with Gasteiger partial charge in [0.15, 0.2) is 0 Å². The maximum absolute atomic E-state index is 12.6. The molecule has 5 nitrogen and oxygen atoms in total. The zero-order valence-corrected chi connectivity index (χ0v) is 13.3. The zero-order valence-electron chi connectivity index (χ0n) is 13.3.